The van der Waals surface area contributed by atoms with Crippen LogP contribution in [0, 0.1) is 0 Å². The summed E-state index contributed by atoms with van der Waals surface area (Å²) in [6, 6.07) is 64.9. The summed E-state index contributed by atoms with van der Waals surface area (Å²) in [6.07, 6.45) is 0. The van der Waals surface area contributed by atoms with E-state index in [4.69, 9.17) is 5.73 Å². The molecule has 2 nitrogen and oxygen atoms in total. The van der Waals surface area contributed by atoms with Crippen molar-refractivity contribution in [2.45, 2.75) is 65.2 Å². The monoisotopic (exact) mass is 826 g/mol. The SMILES string of the molecule is CC.CC(c1ccc2c(c1)sc1ccccc12)c1cc(-c2ccc3c(c2)-c2ccccc2C3(C)C)ccc1-c1ccc2c(c1)-c1ccccc1C2(C)C.CN.Nc1ccccc1. The third-order valence-corrected chi connectivity index (χ3v) is 14.2. The third kappa shape index (κ3) is 7.34. The van der Waals surface area contributed by atoms with E-state index in [1.165, 1.54) is 105 Å². The second-order valence-corrected chi connectivity index (χ2v) is 18.2. The zero-order valence-corrected chi connectivity index (χ0v) is 38.2. The van der Waals surface area contributed by atoms with Gasteiger partial charge in [-0.15, -0.1) is 11.3 Å². The van der Waals surface area contributed by atoms with Gasteiger partial charge in [0.05, 0.1) is 0 Å². The van der Waals surface area contributed by atoms with Gasteiger partial charge in [0, 0.05) is 42.6 Å². The number of rotatable bonds is 4. The van der Waals surface area contributed by atoms with Crippen LogP contribution in [-0.4, -0.2) is 7.05 Å². The Balaban J connectivity index is 0.000000430. The van der Waals surface area contributed by atoms with Gasteiger partial charge in [0.1, 0.15) is 0 Å². The molecule has 9 aromatic rings. The lowest BCUT2D eigenvalue weighted by molar-refractivity contribution is 0.660. The maximum Gasteiger partial charge on any atom is 0.0358 e. The van der Waals surface area contributed by atoms with Gasteiger partial charge < -0.3 is 11.5 Å². The standard InChI is InChI=1S/C50H40S.C6H7N.C2H6.CH5N/c1-30(31-18-23-39-38-14-8-11-17-47(38)51-48(39)29-31)40-26-32(33-20-24-45-41(27-33)36-12-6-9-15-43(36)49(45,2)3)19-22-35(40)34-21-25-46-42(28-34)37-13-7-10-16-44(37)50(46,4)5;7-6-4-2-1-3-5-6;2*1-2/h6-30H,1-5H3;1-5H,7H2;1-2H3;2H2,1H3. The summed E-state index contributed by atoms with van der Waals surface area (Å²) < 4.78 is 2.71. The predicted octanol–water partition coefficient (Wildman–Crippen LogP) is 16.0. The molecule has 0 radical (unpaired) electrons. The van der Waals surface area contributed by atoms with Gasteiger partial charge in [-0.2, -0.15) is 0 Å². The molecule has 2 aliphatic carbocycles. The summed E-state index contributed by atoms with van der Waals surface area (Å²) in [5.41, 5.74) is 29.6. The first-order valence-corrected chi connectivity index (χ1v) is 22.8. The number of fused-ring (bicyclic) bond motifs is 9. The topological polar surface area (TPSA) is 52.0 Å². The van der Waals surface area contributed by atoms with Crippen LogP contribution in [-0.2, 0) is 10.8 Å². The third-order valence-electron chi connectivity index (χ3n) is 13.0. The highest BCUT2D eigenvalue weighted by molar-refractivity contribution is 7.25. The molecule has 8 aromatic carbocycles. The molecule has 0 fully saturated rings. The maximum absolute atomic E-state index is 5.36. The Morgan fingerprint density at radius 2 is 0.903 bits per heavy atom. The van der Waals surface area contributed by atoms with Crippen LogP contribution in [0.3, 0.4) is 0 Å². The lowest BCUT2D eigenvalue weighted by atomic mass is 9.81. The van der Waals surface area contributed by atoms with Gasteiger partial charge in [-0.1, -0.05) is 182 Å². The van der Waals surface area contributed by atoms with Crippen molar-refractivity contribution in [2.75, 3.05) is 12.8 Å². The van der Waals surface area contributed by atoms with Crippen LogP contribution in [0.15, 0.2) is 176 Å². The van der Waals surface area contributed by atoms with Crippen molar-refractivity contribution >= 4 is 37.2 Å². The Bertz CT molecular complexity index is 3040. The van der Waals surface area contributed by atoms with E-state index >= 15 is 0 Å². The van der Waals surface area contributed by atoms with Crippen molar-refractivity contribution in [1.29, 1.82) is 0 Å². The minimum atomic E-state index is -0.00908. The zero-order valence-electron chi connectivity index (χ0n) is 37.4. The molecule has 62 heavy (non-hydrogen) atoms. The van der Waals surface area contributed by atoms with E-state index in [-0.39, 0.29) is 16.7 Å². The fourth-order valence-corrected chi connectivity index (χ4v) is 10.9. The van der Waals surface area contributed by atoms with Gasteiger partial charge in [-0.05, 0) is 127 Å². The summed E-state index contributed by atoms with van der Waals surface area (Å²) in [5, 5.41) is 2.70. The van der Waals surface area contributed by atoms with E-state index in [0.717, 1.165) is 5.69 Å². The maximum atomic E-state index is 5.36. The van der Waals surface area contributed by atoms with Crippen LogP contribution in [0.25, 0.3) is 64.7 Å². The number of anilines is 1. The van der Waals surface area contributed by atoms with Crippen LogP contribution in [0.2, 0.25) is 0 Å². The van der Waals surface area contributed by atoms with E-state index in [1.54, 1.807) is 0 Å². The number of para-hydroxylation sites is 1. The highest BCUT2D eigenvalue weighted by atomic mass is 32.1. The lowest BCUT2D eigenvalue weighted by Gasteiger charge is -2.23. The molecule has 1 aromatic heterocycles. The van der Waals surface area contributed by atoms with Crippen molar-refractivity contribution in [3.05, 3.63) is 209 Å². The number of nitrogen functional groups attached to an aromatic ring is 1. The van der Waals surface area contributed by atoms with E-state index in [2.05, 4.69) is 186 Å². The number of nitrogens with two attached hydrogens (primary N) is 2. The fourth-order valence-electron chi connectivity index (χ4n) is 9.80. The average molecular weight is 827 g/mol. The molecule has 2 aliphatic rings. The summed E-state index contributed by atoms with van der Waals surface area (Å²) >= 11 is 1.90. The molecule has 0 spiro atoms. The Morgan fingerprint density at radius 3 is 1.52 bits per heavy atom. The van der Waals surface area contributed by atoms with E-state index in [9.17, 15) is 0 Å². The number of benzene rings is 8. The van der Waals surface area contributed by atoms with Gasteiger partial charge >= 0.3 is 0 Å². The first-order valence-electron chi connectivity index (χ1n) is 22.0. The van der Waals surface area contributed by atoms with E-state index < -0.39 is 0 Å². The highest BCUT2D eigenvalue weighted by Gasteiger charge is 2.36. The Morgan fingerprint density at radius 1 is 0.419 bits per heavy atom. The van der Waals surface area contributed by atoms with Crippen LogP contribution >= 0.6 is 11.3 Å². The van der Waals surface area contributed by atoms with Crippen molar-refractivity contribution < 1.29 is 0 Å². The van der Waals surface area contributed by atoms with Gasteiger partial charge in [0.25, 0.3) is 0 Å². The smallest absolute Gasteiger partial charge is 0.0358 e. The number of thiophene rings is 1. The summed E-state index contributed by atoms with van der Waals surface area (Å²) in [7, 11) is 1.50. The molecule has 0 saturated heterocycles. The molecule has 0 aliphatic heterocycles. The quantitative estimate of drug-likeness (QED) is 0.174. The second kappa shape index (κ2) is 17.2. The van der Waals surface area contributed by atoms with Crippen LogP contribution in [0.5, 0.6) is 0 Å². The second-order valence-electron chi connectivity index (χ2n) is 17.2. The van der Waals surface area contributed by atoms with Crippen molar-refractivity contribution in [2.24, 2.45) is 5.73 Å². The van der Waals surface area contributed by atoms with Crippen molar-refractivity contribution in [3.8, 4) is 44.5 Å². The minimum Gasteiger partial charge on any atom is -0.399 e. The minimum absolute atomic E-state index is 0.0000193. The predicted molar refractivity (Wildman–Crippen MR) is 272 cm³/mol. The molecule has 0 saturated carbocycles. The van der Waals surface area contributed by atoms with Crippen molar-refractivity contribution in [3.63, 3.8) is 0 Å². The van der Waals surface area contributed by atoms with Crippen LogP contribution < -0.4 is 11.5 Å². The molecule has 3 heteroatoms. The van der Waals surface area contributed by atoms with Gasteiger partial charge in [0.2, 0.25) is 0 Å². The summed E-state index contributed by atoms with van der Waals surface area (Å²) in [6.45, 7) is 15.8. The van der Waals surface area contributed by atoms with Gasteiger partial charge in [0.15, 0.2) is 0 Å². The average Bonchev–Trinajstić information content (AvgIpc) is 3.89. The molecule has 0 amide bonds. The fraction of sp³-hybridized carbons (Fsp3) is 0.186. The molecule has 1 atom stereocenters. The molecule has 0 bridgehead atoms. The Kier molecular flexibility index (Phi) is 11.8. The van der Waals surface area contributed by atoms with E-state index in [1.807, 2.05) is 55.5 Å². The molecule has 11 rings (SSSR count). The number of hydrogen-bond donors (Lipinski definition) is 2. The largest absolute Gasteiger partial charge is 0.399 e. The zero-order chi connectivity index (χ0) is 43.8. The summed E-state index contributed by atoms with van der Waals surface area (Å²) in [5.74, 6) is 0.195. The molecule has 1 unspecified atom stereocenters. The van der Waals surface area contributed by atoms with Gasteiger partial charge in [-0.25, -0.2) is 0 Å². The van der Waals surface area contributed by atoms with Crippen LogP contribution in [0.1, 0.15) is 87.8 Å². The molecule has 1 heterocycles. The number of hydrogen-bond acceptors (Lipinski definition) is 3. The highest BCUT2D eigenvalue weighted by Crippen LogP contribution is 2.52. The first-order chi connectivity index (χ1) is 30.1. The Labute approximate surface area is 372 Å². The van der Waals surface area contributed by atoms with Crippen molar-refractivity contribution in [1.82, 2.24) is 0 Å². The molecule has 4 N–H and O–H groups in total. The van der Waals surface area contributed by atoms with E-state index in [0.29, 0.717) is 0 Å². The Hall–Kier alpha value is -6.26. The molecular formula is C59H58N2S. The molecular weight excluding hydrogens is 769 g/mol. The first kappa shape index (κ1) is 42.4. The lowest BCUT2D eigenvalue weighted by Crippen LogP contribution is -2.14. The van der Waals surface area contributed by atoms with Crippen LogP contribution in [0.4, 0.5) is 5.69 Å². The molecule has 310 valence electrons. The normalized spacial score (nSPS) is 13.8. The van der Waals surface area contributed by atoms with Gasteiger partial charge in [-0.3, -0.25) is 0 Å². The summed E-state index contributed by atoms with van der Waals surface area (Å²) in [4.78, 5) is 0.